The van der Waals surface area contributed by atoms with Crippen molar-refractivity contribution in [2.24, 2.45) is 11.1 Å². The van der Waals surface area contributed by atoms with Crippen LogP contribution in [-0.4, -0.2) is 38.5 Å². The molecule has 1 rings (SSSR count). The minimum atomic E-state index is -0.741. The molecule has 0 aromatic carbocycles. The summed E-state index contributed by atoms with van der Waals surface area (Å²) in [5.41, 5.74) is 5.72. The SMILES string of the molecule is CCOC(=O)OCCOC(=O)CC1(CN)CCCCC1. The van der Waals surface area contributed by atoms with Gasteiger partial charge in [0, 0.05) is 0 Å². The molecule has 0 aromatic rings. The van der Waals surface area contributed by atoms with Crippen molar-refractivity contribution in [3.05, 3.63) is 0 Å². The van der Waals surface area contributed by atoms with Gasteiger partial charge >= 0.3 is 12.1 Å². The zero-order chi connectivity index (χ0) is 14.8. The zero-order valence-electron chi connectivity index (χ0n) is 12.2. The first-order valence-electron chi connectivity index (χ1n) is 7.27. The highest BCUT2D eigenvalue weighted by molar-refractivity contribution is 5.70. The quantitative estimate of drug-likeness (QED) is 0.569. The molecule has 0 amide bonds. The maximum atomic E-state index is 11.8. The summed E-state index contributed by atoms with van der Waals surface area (Å²) in [5, 5.41) is 0. The lowest BCUT2D eigenvalue weighted by Gasteiger charge is -2.35. The van der Waals surface area contributed by atoms with Crippen LogP contribution in [0.25, 0.3) is 0 Å². The number of rotatable bonds is 7. The van der Waals surface area contributed by atoms with Gasteiger partial charge in [0.15, 0.2) is 0 Å². The molecular weight excluding hydrogens is 262 g/mol. The number of esters is 1. The van der Waals surface area contributed by atoms with Crippen molar-refractivity contribution in [1.29, 1.82) is 0 Å². The summed E-state index contributed by atoms with van der Waals surface area (Å²) in [7, 11) is 0. The summed E-state index contributed by atoms with van der Waals surface area (Å²) in [5.74, 6) is -0.273. The van der Waals surface area contributed by atoms with E-state index in [4.69, 9.17) is 15.2 Å². The molecule has 6 nitrogen and oxygen atoms in total. The number of ether oxygens (including phenoxy) is 3. The molecule has 2 N–H and O–H groups in total. The largest absolute Gasteiger partial charge is 0.508 e. The van der Waals surface area contributed by atoms with E-state index in [0.29, 0.717) is 13.0 Å². The fourth-order valence-electron chi connectivity index (χ4n) is 2.55. The second kappa shape index (κ2) is 8.79. The van der Waals surface area contributed by atoms with Gasteiger partial charge in [-0.05, 0) is 31.7 Å². The van der Waals surface area contributed by atoms with Gasteiger partial charge in [-0.1, -0.05) is 19.3 Å². The lowest BCUT2D eigenvalue weighted by atomic mass is 9.72. The number of carbonyl (C=O) groups is 2. The molecule has 1 aliphatic carbocycles. The van der Waals surface area contributed by atoms with Crippen LogP contribution in [-0.2, 0) is 19.0 Å². The molecule has 0 radical (unpaired) electrons. The predicted molar refractivity (Wildman–Crippen MR) is 73.1 cm³/mol. The summed E-state index contributed by atoms with van der Waals surface area (Å²) < 4.78 is 14.4. The maximum Gasteiger partial charge on any atom is 0.508 e. The van der Waals surface area contributed by atoms with Gasteiger partial charge in [-0.3, -0.25) is 4.79 Å². The minimum absolute atomic E-state index is 0.0141. The Labute approximate surface area is 119 Å². The van der Waals surface area contributed by atoms with Crippen LogP contribution in [0.15, 0.2) is 0 Å². The van der Waals surface area contributed by atoms with E-state index >= 15 is 0 Å². The third-order valence-electron chi connectivity index (χ3n) is 3.70. The van der Waals surface area contributed by atoms with Crippen molar-refractivity contribution >= 4 is 12.1 Å². The van der Waals surface area contributed by atoms with E-state index in [9.17, 15) is 9.59 Å². The predicted octanol–water partition coefficient (Wildman–Crippen LogP) is 2.00. The van der Waals surface area contributed by atoms with E-state index < -0.39 is 6.16 Å². The Morgan fingerprint density at radius 2 is 1.70 bits per heavy atom. The van der Waals surface area contributed by atoms with Crippen molar-refractivity contribution in [1.82, 2.24) is 0 Å². The first-order valence-corrected chi connectivity index (χ1v) is 7.27. The number of hydrogen-bond acceptors (Lipinski definition) is 6. The van der Waals surface area contributed by atoms with Crippen molar-refractivity contribution in [3.63, 3.8) is 0 Å². The van der Waals surface area contributed by atoms with E-state index in [-0.39, 0.29) is 31.2 Å². The van der Waals surface area contributed by atoms with Gasteiger partial charge in [-0.2, -0.15) is 0 Å². The normalized spacial score (nSPS) is 17.3. The van der Waals surface area contributed by atoms with E-state index in [1.807, 2.05) is 0 Å². The van der Waals surface area contributed by atoms with Crippen LogP contribution >= 0.6 is 0 Å². The van der Waals surface area contributed by atoms with E-state index in [1.54, 1.807) is 6.92 Å². The molecule has 0 bridgehead atoms. The van der Waals surface area contributed by atoms with Crippen LogP contribution in [0.2, 0.25) is 0 Å². The first kappa shape index (κ1) is 16.8. The van der Waals surface area contributed by atoms with Crippen molar-refractivity contribution < 1.29 is 23.8 Å². The molecule has 0 saturated heterocycles. The van der Waals surface area contributed by atoms with Gasteiger partial charge < -0.3 is 19.9 Å². The highest BCUT2D eigenvalue weighted by Gasteiger charge is 2.33. The number of nitrogens with two attached hydrogens (primary N) is 1. The van der Waals surface area contributed by atoms with Crippen LogP contribution < -0.4 is 5.73 Å². The van der Waals surface area contributed by atoms with Gasteiger partial charge in [0.25, 0.3) is 0 Å². The highest BCUT2D eigenvalue weighted by atomic mass is 16.7. The molecular formula is C14H25NO5. The average molecular weight is 287 g/mol. The molecule has 0 aliphatic heterocycles. The molecule has 0 spiro atoms. The zero-order valence-corrected chi connectivity index (χ0v) is 12.2. The Morgan fingerprint density at radius 3 is 2.30 bits per heavy atom. The van der Waals surface area contributed by atoms with Gasteiger partial charge in [-0.25, -0.2) is 4.79 Å². The fraction of sp³-hybridized carbons (Fsp3) is 0.857. The molecule has 0 aromatic heterocycles. The molecule has 1 fully saturated rings. The molecule has 116 valence electrons. The lowest BCUT2D eigenvalue weighted by Crippen LogP contribution is -2.35. The van der Waals surface area contributed by atoms with Crippen LogP contribution in [0.5, 0.6) is 0 Å². The number of hydrogen-bond donors (Lipinski definition) is 1. The molecule has 6 heteroatoms. The summed E-state index contributed by atoms with van der Waals surface area (Å²) in [6, 6.07) is 0. The molecule has 0 atom stereocenters. The molecule has 0 unspecified atom stereocenters. The standard InChI is InChI=1S/C14H25NO5/c1-2-18-13(17)20-9-8-19-12(16)10-14(11-15)6-4-3-5-7-14/h2-11,15H2,1H3. The number of carbonyl (C=O) groups excluding carboxylic acids is 2. The fourth-order valence-corrected chi connectivity index (χ4v) is 2.55. The summed E-state index contributed by atoms with van der Waals surface area (Å²) >= 11 is 0. The third kappa shape index (κ3) is 5.77. The van der Waals surface area contributed by atoms with Crippen LogP contribution in [0.1, 0.15) is 45.4 Å². The molecule has 20 heavy (non-hydrogen) atoms. The van der Waals surface area contributed by atoms with Crippen LogP contribution in [0.4, 0.5) is 4.79 Å². The topological polar surface area (TPSA) is 87.9 Å². The summed E-state index contributed by atoms with van der Waals surface area (Å²) in [4.78, 5) is 22.7. The summed E-state index contributed by atoms with van der Waals surface area (Å²) in [6.07, 6.45) is 5.03. The average Bonchev–Trinajstić information content (AvgIpc) is 2.45. The van der Waals surface area contributed by atoms with Crippen LogP contribution in [0, 0.1) is 5.41 Å². The van der Waals surface area contributed by atoms with E-state index in [1.165, 1.54) is 6.42 Å². The van der Waals surface area contributed by atoms with Gasteiger partial charge in [0.05, 0.1) is 13.0 Å². The molecule has 1 saturated carbocycles. The Kier molecular flexibility index (Phi) is 7.36. The minimum Gasteiger partial charge on any atom is -0.462 e. The van der Waals surface area contributed by atoms with Crippen molar-refractivity contribution in [2.75, 3.05) is 26.4 Å². The molecule has 1 aliphatic rings. The highest BCUT2D eigenvalue weighted by Crippen LogP contribution is 2.38. The Balaban J connectivity index is 2.20. The first-order chi connectivity index (χ1) is 9.62. The van der Waals surface area contributed by atoms with E-state index in [0.717, 1.165) is 25.7 Å². The van der Waals surface area contributed by atoms with Gasteiger partial charge in [0.1, 0.15) is 13.2 Å². The Hall–Kier alpha value is -1.30. The van der Waals surface area contributed by atoms with Crippen molar-refractivity contribution in [2.45, 2.75) is 45.4 Å². The second-order valence-corrected chi connectivity index (χ2v) is 5.19. The van der Waals surface area contributed by atoms with Gasteiger partial charge in [-0.15, -0.1) is 0 Å². The van der Waals surface area contributed by atoms with Crippen LogP contribution in [0.3, 0.4) is 0 Å². The maximum absolute atomic E-state index is 11.8. The monoisotopic (exact) mass is 287 g/mol. The third-order valence-corrected chi connectivity index (χ3v) is 3.70. The smallest absolute Gasteiger partial charge is 0.462 e. The van der Waals surface area contributed by atoms with Gasteiger partial charge in [0.2, 0.25) is 0 Å². The Bertz CT molecular complexity index is 313. The second-order valence-electron chi connectivity index (χ2n) is 5.19. The molecule has 0 heterocycles. The Morgan fingerprint density at radius 1 is 1.05 bits per heavy atom. The van der Waals surface area contributed by atoms with E-state index in [2.05, 4.69) is 4.74 Å². The summed E-state index contributed by atoms with van der Waals surface area (Å²) in [6.45, 7) is 2.54. The lowest BCUT2D eigenvalue weighted by molar-refractivity contribution is -0.148. The van der Waals surface area contributed by atoms with Crippen molar-refractivity contribution in [3.8, 4) is 0 Å².